The standard InChI is InChI=1S/C20H24N6O5S/c1-2-10(9-26-8-7-11-16(26)17(21)25-20(22)24-11)13-4-5-14(32-13)18(29)23-12(19(30)31)3-6-15(27)28/h4-5,7-8,10,12H,2-3,6,9H2,1H3,(H,23,29)(H,27,28)(H,30,31)(H4,21,22,24,25)/t10?,12-/m1/s1. The highest BCUT2D eigenvalue weighted by Gasteiger charge is 2.23. The number of hydrogen-bond donors (Lipinski definition) is 5. The van der Waals surface area contributed by atoms with Crippen LogP contribution >= 0.6 is 11.3 Å². The van der Waals surface area contributed by atoms with Gasteiger partial charge in [0.2, 0.25) is 5.95 Å². The number of fused-ring (bicyclic) bond motifs is 1. The highest BCUT2D eigenvalue weighted by Crippen LogP contribution is 2.31. The Bertz CT molecular complexity index is 1160. The van der Waals surface area contributed by atoms with Crippen molar-refractivity contribution < 1.29 is 24.6 Å². The summed E-state index contributed by atoms with van der Waals surface area (Å²) in [7, 11) is 0. The Balaban J connectivity index is 1.75. The minimum Gasteiger partial charge on any atom is -0.481 e. The summed E-state index contributed by atoms with van der Waals surface area (Å²) in [6.45, 7) is 2.61. The molecule has 0 aliphatic carbocycles. The van der Waals surface area contributed by atoms with Gasteiger partial charge in [-0.25, -0.2) is 9.78 Å². The third-order valence-corrected chi connectivity index (χ3v) is 6.31. The van der Waals surface area contributed by atoms with Crippen LogP contribution in [0.1, 0.15) is 46.7 Å². The number of nitrogens with two attached hydrogens (primary N) is 2. The molecule has 7 N–H and O–H groups in total. The number of carbonyl (C=O) groups is 3. The van der Waals surface area contributed by atoms with Crippen LogP contribution in [0.4, 0.5) is 11.8 Å². The van der Waals surface area contributed by atoms with Crippen LogP contribution in [0.5, 0.6) is 0 Å². The molecule has 0 aliphatic heterocycles. The Morgan fingerprint density at radius 2 is 1.94 bits per heavy atom. The molecule has 0 saturated carbocycles. The summed E-state index contributed by atoms with van der Waals surface area (Å²) < 4.78 is 1.95. The summed E-state index contributed by atoms with van der Waals surface area (Å²) in [5.74, 6) is -2.48. The zero-order valence-electron chi connectivity index (χ0n) is 17.3. The van der Waals surface area contributed by atoms with Crippen molar-refractivity contribution in [2.24, 2.45) is 0 Å². The average molecular weight is 461 g/mol. The number of nitrogens with zero attached hydrogens (tertiary/aromatic N) is 3. The van der Waals surface area contributed by atoms with E-state index < -0.39 is 23.9 Å². The Hall–Kier alpha value is -3.67. The second-order valence-corrected chi connectivity index (χ2v) is 8.39. The summed E-state index contributed by atoms with van der Waals surface area (Å²) in [6, 6.07) is 4.02. The lowest BCUT2D eigenvalue weighted by Gasteiger charge is -2.16. The first-order valence-electron chi connectivity index (χ1n) is 9.92. The highest BCUT2D eigenvalue weighted by atomic mass is 32.1. The van der Waals surface area contributed by atoms with Gasteiger partial charge in [-0.1, -0.05) is 6.92 Å². The largest absolute Gasteiger partial charge is 0.481 e. The molecule has 0 saturated heterocycles. The van der Waals surface area contributed by atoms with Gasteiger partial charge in [0, 0.05) is 30.0 Å². The Morgan fingerprint density at radius 1 is 1.19 bits per heavy atom. The molecule has 3 heterocycles. The van der Waals surface area contributed by atoms with E-state index in [1.165, 1.54) is 11.3 Å². The van der Waals surface area contributed by atoms with E-state index in [2.05, 4.69) is 15.3 Å². The predicted octanol–water partition coefficient (Wildman–Crippen LogP) is 1.90. The summed E-state index contributed by atoms with van der Waals surface area (Å²) in [6.07, 6.45) is 2.10. The molecule has 32 heavy (non-hydrogen) atoms. The zero-order chi connectivity index (χ0) is 23.4. The number of aromatic nitrogens is 3. The summed E-state index contributed by atoms with van der Waals surface area (Å²) >= 11 is 1.27. The first kappa shape index (κ1) is 23.0. The highest BCUT2D eigenvalue weighted by molar-refractivity contribution is 7.14. The number of hydrogen-bond acceptors (Lipinski definition) is 8. The molecule has 170 valence electrons. The smallest absolute Gasteiger partial charge is 0.326 e. The van der Waals surface area contributed by atoms with Gasteiger partial charge in [0.1, 0.15) is 11.6 Å². The van der Waals surface area contributed by atoms with Crippen LogP contribution in [0.2, 0.25) is 0 Å². The van der Waals surface area contributed by atoms with E-state index in [1.54, 1.807) is 6.07 Å². The second-order valence-electron chi connectivity index (χ2n) is 7.27. The molecule has 0 bridgehead atoms. The molecule has 12 heteroatoms. The van der Waals surface area contributed by atoms with Crippen molar-refractivity contribution in [2.45, 2.75) is 44.7 Å². The number of nitrogen functional groups attached to an aromatic ring is 2. The van der Waals surface area contributed by atoms with Crippen molar-refractivity contribution in [3.63, 3.8) is 0 Å². The number of carbonyl (C=O) groups excluding carboxylic acids is 1. The molecule has 11 nitrogen and oxygen atoms in total. The lowest BCUT2D eigenvalue weighted by Crippen LogP contribution is -2.40. The van der Waals surface area contributed by atoms with Gasteiger partial charge in [0.15, 0.2) is 5.82 Å². The number of aliphatic carboxylic acids is 2. The third-order valence-electron chi connectivity index (χ3n) is 5.07. The maximum Gasteiger partial charge on any atom is 0.326 e. The van der Waals surface area contributed by atoms with E-state index in [9.17, 15) is 19.5 Å². The molecule has 1 amide bonds. The average Bonchev–Trinajstić information content (AvgIpc) is 3.36. The fraction of sp³-hybridized carbons (Fsp3) is 0.350. The Kier molecular flexibility index (Phi) is 6.93. The first-order valence-corrected chi connectivity index (χ1v) is 10.7. The van der Waals surface area contributed by atoms with Crippen molar-refractivity contribution in [1.82, 2.24) is 19.9 Å². The number of nitrogens with one attached hydrogen (secondary N) is 1. The lowest BCUT2D eigenvalue weighted by molar-refractivity contribution is -0.140. The van der Waals surface area contributed by atoms with Gasteiger partial charge in [-0.05, 0) is 31.0 Å². The van der Waals surface area contributed by atoms with E-state index in [0.717, 1.165) is 11.3 Å². The summed E-state index contributed by atoms with van der Waals surface area (Å²) in [5, 5.41) is 20.4. The van der Waals surface area contributed by atoms with Gasteiger partial charge >= 0.3 is 11.9 Å². The third kappa shape index (κ3) is 5.14. The Morgan fingerprint density at radius 3 is 2.59 bits per heavy atom. The maximum atomic E-state index is 12.5. The quantitative estimate of drug-likeness (QED) is 0.301. The molecule has 3 rings (SSSR count). The van der Waals surface area contributed by atoms with Gasteiger partial charge < -0.3 is 31.6 Å². The molecule has 1 unspecified atom stereocenters. The lowest BCUT2D eigenvalue weighted by atomic mass is 10.0. The number of rotatable bonds is 10. The first-order chi connectivity index (χ1) is 15.2. The fourth-order valence-electron chi connectivity index (χ4n) is 3.41. The molecular formula is C20H24N6O5S. The normalized spacial score (nSPS) is 13.0. The molecule has 3 aromatic rings. The van der Waals surface area contributed by atoms with E-state index in [4.69, 9.17) is 16.6 Å². The van der Waals surface area contributed by atoms with Crippen LogP contribution in [0.15, 0.2) is 24.4 Å². The maximum absolute atomic E-state index is 12.5. The number of thiophene rings is 1. The molecular weight excluding hydrogens is 436 g/mol. The van der Waals surface area contributed by atoms with Gasteiger partial charge in [-0.15, -0.1) is 11.3 Å². The van der Waals surface area contributed by atoms with E-state index >= 15 is 0 Å². The molecule has 0 aromatic carbocycles. The van der Waals surface area contributed by atoms with E-state index in [-0.39, 0.29) is 24.7 Å². The Labute approximate surface area is 187 Å². The van der Waals surface area contributed by atoms with Crippen LogP contribution in [-0.4, -0.2) is 48.6 Å². The number of amides is 1. The van der Waals surface area contributed by atoms with Gasteiger partial charge in [0.05, 0.1) is 10.4 Å². The van der Waals surface area contributed by atoms with Crippen LogP contribution < -0.4 is 16.8 Å². The SMILES string of the molecule is CCC(Cn1ccc2nc(N)nc(N)c21)c1ccc(C(=O)N[C@H](CCC(=O)O)C(=O)O)s1. The number of anilines is 2. The van der Waals surface area contributed by atoms with Crippen LogP contribution in [0.25, 0.3) is 11.0 Å². The minimum atomic E-state index is -1.28. The predicted molar refractivity (Wildman–Crippen MR) is 119 cm³/mol. The van der Waals surface area contributed by atoms with Crippen molar-refractivity contribution in [3.8, 4) is 0 Å². The topological polar surface area (TPSA) is 186 Å². The number of carboxylic acid groups (broad SMARTS) is 2. The molecule has 0 radical (unpaired) electrons. The zero-order valence-corrected chi connectivity index (χ0v) is 18.1. The molecule has 3 aromatic heterocycles. The van der Waals surface area contributed by atoms with Crippen molar-refractivity contribution in [2.75, 3.05) is 11.5 Å². The van der Waals surface area contributed by atoms with E-state index in [0.29, 0.717) is 28.3 Å². The van der Waals surface area contributed by atoms with Gasteiger partial charge in [-0.3, -0.25) is 9.59 Å². The van der Waals surface area contributed by atoms with Crippen molar-refractivity contribution in [1.29, 1.82) is 0 Å². The van der Waals surface area contributed by atoms with Crippen molar-refractivity contribution in [3.05, 3.63) is 34.2 Å². The van der Waals surface area contributed by atoms with Crippen LogP contribution in [-0.2, 0) is 16.1 Å². The monoisotopic (exact) mass is 460 g/mol. The fourth-order valence-corrected chi connectivity index (χ4v) is 4.50. The summed E-state index contributed by atoms with van der Waals surface area (Å²) in [4.78, 5) is 44.1. The number of carboxylic acids is 2. The second kappa shape index (κ2) is 9.64. The van der Waals surface area contributed by atoms with Crippen LogP contribution in [0, 0.1) is 0 Å². The van der Waals surface area contributed by atoms with E-state index in [1.807, 2.05) is 29.8 Å². The molecule has 2 atom stereocenters. The van der Waals surface area contributed by atoms with Crippen LogP contribution in [0.3, 0.4) is 0 Å². The van der Waals surface area contributed by atoms with Gasteiger partial charge in [0.25, 0.3) is 5.91 Å². The van der Waals surface area contributed by atoms with Gasteiger partial charge in [-0.2, -0.15) is 4.98 Å². The summed E-state index contributed by atoms with van der Waals surface area (Å²) in [5.41, 5.74) is 13.0. The minimum absolute atomic E-state index is 0.0661. The molecule has 0 spiro atoms. The molecule has 0 fully saturated rings. The molecule has 0 aliphatic rings. The van der Waals surface area contributed by atoms with Crippen molar-refractivity contribution >= 4 is 52.0 Å².